The van der Waals surface area contributed by atoms with Crippen molar-refractivity contribution in [2.45, 2.75) is 39.5 Å². The molecule has 0 radical (unpaired) electrons. The van der Waals surface area contributed by atoms with Crippen LogP contribution in [0.2, 0.25) is 0 Å². The number of amides is 1. The molecule has 1 aliphatic heterocycles. The molecular formula is C25H25N5O3S. The van der Waals surface area contributed by atoms with Gasteiger partial charge in [0.2, 0.25) is 5.89 Å². The summed E-state index contributed by atoms with van der Waals surface area (Å²) >= 11 is 5.54. The van der Waals surface area contributed by atoms with Crippen LogP contribution in [0.1, 0.15) is 52.0 Å². The van der Waals surface area contributed by atoms with Crippen LogP contribution in [0.25, 0.3) is 16.6 Å². The summed E-state index contributed by atoms with van der Waals surface area (Å²) in [5, 5.41) is 4.35. The lowest BCUT2D eigenvalue weighted by atomic mass is 9.96. The Kier molecular flexibility index (Phi) is 5.65. The summed E-state index contributed by atoms with van der Waals surface area (Å²) in [7, 11) is 0. The number of benzene rings is 2. The van der Waals surface area contributed by atoms with Gasteiger partial charge in [-0.25, -0.2) is 0 Å². The van der Waals surface area contributed by atoms with Crippen molar-refractivity contribution in [3.63, 3.8) is 0 Å². The molecule has 1 amide bonds. The van der Waals surface area contributed by atoms with Crippen LogP contribution < -0.4 is 5.56 Å². The largest absolute Gasteiger partial charge is 0.339 e. The van der Waals surface area contributed by atoms with Gasteiger partial charge in [-0.05, 0) is 81.2 Å². The maximum atomic E-state index is 13.3. The van der Waals surface area contributed by atoms with E-state index in [1.165, 1.54) is 4.57 Å². The van der Waals surface area contributed by atoms with Crippen LogP contribution in [0.15, 0.2) is 45.7 Å². The molecule has 1 N–H and O–H groups in total. The van der Waals surface area contributed by atoms with Crippen molar-refractivity contribution in [1.82, 2.24) is 24.6 Å². The first kappa shape index (κ1) is 22.2. The van der Waals surface area contributed by atoms with Crippen molar-refractivity contribution in [3.05, 3.63) is 79.9 Å². The summed E-state index contributed by atoms with van der Waals surface area (Å²) < 4.78 is 7.12. The highest BCUT2D eigenvalue weighted by Gasteiger charge is 2.28. The van der Waals surface area contributed by atoms with Crippen molar-refractivity contribution in [2.75, 3.05) is 13.1 Å². The zero-order valence-electron chi connectivity index (χ0n) is 19.3. The third kappa shape index (κ3) is 3.86. The SMILES string of the molecule is Cc1noc(C2CCN(C(=O)c3ccc4c(=O)n(-c5cccc(C)c5C)c(=S)[nH]c4c3)CC2)n1. The number of hydrogen-bond donors (Lipinski definition) is 1. The minimum absolute atomic E-state index is 0.0694. The predicted molar refractivity (Wildman–Crippen MR) is 131 cm³/mol. The molecule has 34 heavy (non-hydrogen) atoms. The van der Waals surface area contributed by atoms with Crippen LogP contribution in [-0.4, -0.2) is 43.6 Å². The summed E-state index contributed by atoms with van der Waals surface area (Å²) in [5.74, 6) is 1.36. The molecule has 0 aliphatic carbocycles. The molecule has 1 saturated heterocycles. The lowest BCUT2D eigenvalue weighted by Crippen LogP contribution is -2.38. The number of carbonyl (C=O) groups is 1. The summed E-state index contributed by atoms with van der Waals surface area (Å²) in [4.78, 5) is 35.8. The van der Waals surface area contributed by atoms with Crippen LogP contribution in [0.3, 0.4) is 0 Å². The molecule has 0 spiro atoms. The number of fused-ring (bicyclic) bond motifs is 1. The number of carbonyl (C=O) groups excluding carboxylic acids is 1. The van der Waals surface area contributed by atoms with Crippen LogP contribution in [-0.2, 0) is 0 Å². The molecule has 8 nitrogen and oxygen atoms in total. The minimum Gasteiger partial charge on any atom is -0.339 e. The van der Waals surface area contributed by atoms with Crippen molar-refractivity contribution in [3.8, 4) is 5.69 Å². The second kappa shape index (κ2) is 8.64. The number of aromatic nitrogens is 4. The number of likely N-dealkylation sites (tertiary alicyclic amines) is 1. The molecule has 0 bridgehead atoms. The highest BCUT2D eigenvalue weighted by Crippen LogP contribution is 2.28. The lowest BCUT2D eigenvalue weighted by molar-refractivity contribution is 0.0704. The summed E-state index contributed by atoms with van der Waals surface area (Å²) in [6.07, 6.45) is 1.54. The Hall–Kier alpha value is -3.59. The van der Waals surface area contributed by atoms with E-state index in [9.17, 15) is 9.59 Å². The van der Waals surface area contributed by atoms with Gasteiger partial charge in [0, 0.05) is 24.6 Å². The maximum Gasteiger partial charge on any atom is 0.266 e. The summed E-state index contributed by atoms with van der Waals surface area (Å²) in [6.45, 7) is 6.98. The van der Waals surface area contributed by atoms with E-state index in [1.807, 2.05) is 36.9 Å². The molecule has 0 atom stereocenters. The molecule has 1 fully saturated rings. The smallest absolute Gasteiger partial charge is 0.266 e. The Morgan fingerprint density at radius 2 is 1.91 bits per heavy atom. The van der Waals surface area contributed by atoms with Crippen molar-refractivity contribution >= 4 is 29.0 Å². The Balaban J connectivity index is 1.42. The highest BCUT2D eigenvalue weighted by molar-refractivity contribution is 7.71. The number of H-pyrrole nitrogens is 1. The number of piperidine rings is 1. The van der Waals surface area contributed by atoms with Crippen LogP contribution in [0.5, 0.6) is 0 Å². The molecule has 4 aromatic rings. The summed E-state index contributed by atoms with van der Waals surface area (Å²) in [5.41, 5.74) is 3.70. The van der Waals surface area contributed by atoms with Crippen molar-refractivity contribution < 1.29 is 9.32 Å². The number of aromatic amines is 1. The minimum atomic E-state index is -0.206. The molecule has 0 unspecified atom stereocenters. The third-order valence-corrected chi connectivity index (χ3v) is 6.92. The molecule has 5 rings (SSSR count). The normalized spacial score (nSPS) is 14.6. The maximum absolute atomic E-state index is 13.3. The van der Waals surface area contributed by atoms with Gasteiger partial charge in [0.05, 0.1) is 16.6 Å². The topological polar surface area (TPSA) is 97.0 Å². The first-order valence-electron chi connectivity index (χ1n) is 11.3. The second-order valence-electron chi connectivity index (χ2n) is 8.80. The van der Waals surface area contributed by atoms with Gasteiger partial charge < -0.3 is 14.4 Å². The van der Waals surface area contributed by atoms with E-state index < -0.39 is 0 Å². The van der Waals surface area contributed by atoms with E-state index in [1.54, 1.807) is 25.1 Å². The predicted octanol–water partition coefficient (Wildman–Crippen LogP) is 4.38. The Labute approximate surface area is 201 Å². The number of hydrogen-bond acceptors (Lipinski definition) is 6. The van der Waals surface area contributed by atoms with Crippen LogP contribution in [0, 0.1) is 25.5 Å². The summed E-state index contributed by atoms with van der Waals surface area (Å²) in [6, 6.07) is 10.9. The molecule has 2 aromatic heterocycles. The molecule has 9 heteroatoms. The van der Waals surface area contributed by atoms with Crippen LogP contribution in [0.4, 0.5) is 0 Å². The van der Waals surface area contributed by atoms with Gasteiger partial charge in [-0.2, -0.15) is 4.98 Å². The van der Waals surface area contributed by atoms with E-state index in [-0.39, 0.29) is 17.4 Å². The van der Waals surface area contributed by atoms with Gasteiger partial charge in [-0.15, -0.1) is 0 Å². The van der Waals surface area contributed by atoms with E-state index in [0.717, 1.165) is 29.7 Å². The monoisotopic (exact) mass is 475 g/mol. The molecular weight excluding hydrogens is 450 g/mol. The van der Waals surface area contributed by atoms with Crippen LogP contribution >= 0.6 is 12.2 Å². The first-order valence-corrected chi connectivity index (χ1v) is 11.7. The molecule has 174 valence electrons. The average molecular weight is 476 g/mol. The van der Waals surface area contributed by atoms with Crippen molar-refractivity contribution in [1.29, 1.82) is 0 Å². The highest BCUT2D eigenvalue weighted by atomic mass is 32.1. The van der Waals surface area contributed by atoms with Gasteiger partial charge in [0.25, 0.3) is 11.5 Å². The second-order valence-corrected chi connectivity index (χ2v) is 9.18. The molecule has 1 aliphatic rings. The van der Waals surface area contributed by atoms with Crippen molar-refractivity contribution in [2.24, 2.45) is 0 Å². The Morgan fingerprint density at radius 3 is 2.62 bits per heavy atom. The Morgan fingerprint density at radius 1 is 1.15 bits per heavy atom. The molecule has 3 heterocycles. The van der Waals surface area contributed by atoms with E-state index in [2.05, 4.69) is 15.1 Å². The molecule has 2 aromatic carbocycles. The van der Waals surface area contributed by atoms with E-state index in [4.69, 9.17) is 16.7 Å². The van der Waals surface area contributed by atoms with Gasteiger partial charge in [0.1, 0.15) is 0 Å². The van der Waals surface area contributed by atoms with E-state index >= 15 is 0 Å². The van der Waals surface area contributed by atoms with Gasteiger partial charge in [0.15, 0.2) is 10.6 Å². The first-order chi connectivity index (χ1) is 16.3. The number of nitrogens with zero attached hydrogens (tertiary/aromatic N) is 4. The average Bonchev–Trinajstić information content (AvgIpc) is 3.27. The molecule has 0 saturated carbocycles. The van der Waals surface area contributed by atoms with Gasteiger partial charge in [-0.3, -0.25) is 14.2 Å². The zero-order chi connectivity index (χ0) is 24.0. The fraction of sp³-hybridized carbons (Fsp3) is 0.320. The number of rotatable bonds is 3. The van der Waals surface area contributed by atoms with Gasteiger partial charge in [-0.1, -0.05) is 17.3 Å². The quantitative estimate of drug-likeness (QED) is 0.442. The lowest BCUT2D eigenvalue weighted by Gasteiger charge is -2.30. The number of aryl methyl sites for hydroxylation is 2. The standard InChI is InChI=1S/C25H25N5O3S/c1-14-5-4-6-21(15(14)2)30-24(32)19-8-7-18(13-20(19)27-25(30)34)23(31)29-11-9-17(10-12-29)22-26-16(3)28-33-22/h4-8,13,17H,9-12H2,1-3H3,(H,27,34). The number of nitrogens with one attached hydrogen (secondary N) is 1. The van der Waals surface area contributed by atoms with Gasteiger partial charge >= 0.3 is 0 Å². The fourth-order valence-corrected chi connectivity index (χ4v) is 4.83. The Bertz CT molecular complexity index is 1530. The van der Waals surface area contributed by atoms with E-state index in [0.29, 0.717) is 46.0 Å². The fourth-order valence-electron chi connectivity index (χ4n) is 4.54. The zero-order valence-corrected chi connectivity index (χ0v) is 20.1. The third-order valence-electron chi connectivity index (χ3n) is 6.64.